The monoisotopic (exact) mass is 171 g/mol. The highest BCUT2D eigenvalue weighted by molar-refractivity contribution is 4.79. The van der Waals surface area contributed by atoms with Crippen molar-refractivity contribution < 1.29 is 0 Å². The molecule has 0 aromatic heterocycles. The molecule has 3 nitrogen and oxygen atoms in total. The molecule has 1 aliphatic rings. The van der Waals surface area contributed by atoms with Crippen molar-refractivity contribution in [2.24, 2.45) is 5.73 Å². The number of piperazine rings is 1. The van der Waals surface area contributed by atoms with Gasteiger partial charge in [0.15, 0.2) is 0 Å². The van der Waals surface area contributed by atoms with Gasteiger partial charge in [-0.1, -0.05) is 0 Å². The molecule has 1 rings (SSSR count). The van der Waals surface area contributed by atoms with E-state index in [-0.39, 0.29) is 6.04 Å². The Morgan fingerprint density at radius 2 is 1.58 bits per heavy atom. The van der Waals surface area contributed by atoms with Gasteiger partial charge in [0.2, 0.25) is 0 Å². The maximum absolute atomic E-state index is 5.85. The van der Waals surface area contributed by atoms with Crippen molar-refractivity contribution >= 4 is 0 Å². The Balaban J connectivity index is 2.34. The van der Waals surface area contributed by atoms with Crippen LogP contribution < -0.4 is 5.73 Å². The zero-order valence-electron chi connectivity index (χ0n) is 8.45. The summed E-state index contributed by atoms with van der Waals surface area (Å²) in [6, 6.07) is 0.812. The first-order valence-electron chi connectivity index (χ1n) is 4.79. The van der Waals surface area contributed by atoms with Crippen LogP contribution in [0.5, 0.6) is 0 Å². The minimum atomic E-state index is 0.286. The topological polar surface area (TPSA) is 32.5 Å². The van der Waals surface area contributed by atoms with Gasteiger partial charge in [-0.2, -0.15) is 0 Å². The lowest BCUT2D eigenvalue weighted by Crippen LogP contribution is -2.52. The zero-order chi connectivity index (χ0) is 9.14. The van der Waals surface area contributed by atoms with Crippen LogP contribution in [0, 0.1) is 0 Å². The Bertz CT molecular complexity index is 128. The fourth-order valence-electron chi connectivity index (χ4n) is 1.56. The highest BCUT2D eigenvalue weighted by atomic mass is 15.3. The van der Waals surface area contributed by atoms with E-state index >= 15 is 0 Å². The van der Waals surface area contributed by atoms with E-state index in [0.717, 1.165) is 0 Å². The fraction of sp³-hybridized carbons (Fsp3) is 1.00. The number of nitrogens with two attached hydrogens (primary N) is 1. The van der Waals surface area contributed by atoms with E-state index in [0.29, 0.717) is 6.04 Å². The third kappa shape index (κ3) is 2.44. The minimum Gasteiger partial charge on any atom is -0.327 e. The smallest absolute Gasteiger partial charge is 0.0217 e. The minimum absolute atomic E-state index is 0.286. The SMILES string of the molecule is C[C@H](N)[C@@H](C)N1CCN(C)CC1. The molecule has 0 aromatic carbocycles. The average Bonchev–Trinajstić information content (AvgIpc) is 2.04. The van der Waals surface area contributed by atoms with Gasteiger partial charge in [0.1, 0.15) is 0 Å². The average molecular weight is 171 g/mol. The Morgan fingerprint density at radius 1 is 1.08 bits per heavy atom. The van der Waals surface area contributed by atoms with Gasteiger partial charge < -0.3 is 10.6 Å². The predicted molar refractivity (Wildman–Crippen MR) is 52.2 cm³/mol. The van der Waals surface area contributed by atoms with Crippen molar-refractivity contribution in [3.05, 3.63) is 0 Å². The molecule has 72 valence electrons. The van der Waals surface area contributed by atoms with E-state index < -0.39 is 0 Å². The fourth-order valence-corrected chi connectivity index (χ4v) is 1.56. The summed E-state index contributed by atoms with van der Waals surface area (Å²) in [7, 11) is 2.17. The Labute approximate surface area is 75.5 Å². The van der Waals surface area contributed by atoms with E-state index in [4.69, 9.17) is 5.73 Å². The van der Waals surface area contributed by atoms with Crippen molar-refractivity contribution in [3.8, 4) is 0 Å². The molecule has 2 N–H and O–H groups in total. The number of nitrogens with zero attached hydrogens (tertiary/aromatic N) is 2. The van der Waals surface area contributed by atoms with Crippen LogP contribution in [0.2, 0.25) is 0 Å². The van der Waals surface area contributed by atoms with Crippen molar-refractivity contribution in [3.63, 3.8) is 0 Å². The molecule has 0 aromatic rings. The summed E-state index contributed by atoms with van der Waals surface area (Å²) in [5.74, 6) is 0. The largest absolute Gasteiger partial charge is 0.327 e. The molecule has 2 atom stereocenters. The van der Waals surface area contributed by atoms with E-state index in [2.05, 4.69) is 30.7 Å². The summed E-state index contributed by atoms with van der Waals surface area (Å²) < 4.78 is 0. The van der Waals surface area contributed by atoms with Gasteiger partial charge in [0, 0.05) is 38.3 Å². The second kappa shape index (κ2) is 4.21. The van der Waals surface area contributed by atoms with Gasteiger partial charge in [-0.15, -0.1) is 0 Å². The van der Waals surface area contributed by atoms with Crippen LogP contribution in [0.4, 0.5) is 0 Å². The van der Waals surface area contributed by atoms with Gasteiger partial charge in [-0.3, -0.25) is 4.90 Å². The quantitative estimate of drug-likeness (QED) is 0.633. The molecule has 12 heavy (non-hydrogen) atoms. The second-order valence-corrected chi connectivity index (χ2v) is 3.94. The van der Waals surface area contributed by atoms with Crippen molar-refractivity contribution in [1.82, 2.24) is 9.80 Å². The van der Waals surface area contributed by atoms with Gasteiger partial charge in [-0.05, 0) is 20.9 Å². The first-order valence-corrected chi connectivity index (χ1v) is 4.79. The Hall–Kier alpha value is -0.120. The standard InChI is InChI=1S/C9H21N3/c1-8(10)9(2)12-6-4-11(3)5-7-12/h8-9H,4-7,10H2,1-3H3/t8-,9+/m0/s1. The van der Waals surface area contributed by atoms with E-state index in [9.17, 15) is 0 Å². The maximum Gasteiger partial charge on any atom is 0.0217 e. The van der Waals surface area contributed by atoms with Crippen LogP contribution in [0.25, 0.3) is 0 Å². The lowest BCUT2D eigenvalue weighted by molar-refractivity contribution is 0.109. The Morgan fingerprint density at radius 3 is 2.00 bits per heavy atom. The second-order valence-electron chi connectivity index (χ2n) is 3.94. The third-order valence-corrected chi connectivity index (χ3v) is 2.87. The highest BCUT2D eigenvalue weighted by Crippen LogP contribution is 2.06. The number of hydrogen-bond acceptors (Lipinski definition) is 3. The van der Waals surface area contributed by atoms with Crippen molar-refractivity contribution in [1.29, 1.82) is 0 Å². The van der Waals surface area contributed by atoms with Crippen LogP contribution in [0.3, 0.4) is 0 Å². The summed E-state index contributed by atoms with van der Waals surface area (Å²) in [5, 5.41) is 0. The number of hydrogen-bond donors (Lipinski definition) is 1. The van der Waals surface area contributed by atoms with Gasteiger partial charge in [0.25, 0.3) is 0 Å². The van der Waals surface area contributed by atoms with Crippen LogP contribution in [0.1, 0.15) is 13.8 Å². The van der Waals surface area contributed by atoms with E-state index in [1.807, 2.05) is 0 Å². The first-order chi connectivity index (χ1) is 5.61. The summed E-state index contributed by atoms with van der Waals surface area (Å²) in [6.07, 6.45) is 0. The van der Waals surface area contributed by atoms with Crippen LogP contribution in [-0.4, -0.2) is 55.1 Å². The van der Waals surface area contributed by atoms with Gasteiger partial charge in [0.05, 0.1) is 0 Å². The molecule has 0 amide bonds. The van der Waals surface area contributed by atoms with Crippen LogP contribution in [-0.2, 0) is 0 Å². The molecule has 0 aliphatic carbocycles. The molecule has 1 aliphatic heterocycles. The van der Waals surface area contributed by atoms with Crippen LogP contribution in [0.15, 0.2) is 0 Å². The molecule has 3 heteroatoms. The molecule has 1 heterocycles. The molecule has 0 saturated carbocycles. The summed E-state index contributed by atoms with van der Waals surface area (Å²) in [6.45, 7) is 8.99. The molecule has 0 radical (unpaired) electrons. The lowest BCUT2D eigenvalue weighted by Gasteiger charge is -2.37. The summed E-state index contributed by atoms with van der Waals surface area (Å²) in [5.41, 5.74) is 5.85. The van der Waals surface area contributed by atoms with Gasteiger partial charge >= 0.3 is 0 Å². The molecular weight excluding hydrogens is 150 g/mol. The van der Waals surface area contributed by atoms with Gasteiger partial charge in [-0.25, -0.2) is 0 Å². The van der Waals surface area contributed by atoms with E-state index in [1.54, 1.807) is 0 Å². The highest BCUT2D eigenvalue weighted by Gasteiger charge is 2.20. The summed E-state index contributed by atoms with van der Waals surface area (Å²) >= 11 is 0. The molecule has 0 unspecified atom stereocenters. The molecular formula is C9H21N3. The molecule has 0 bridgehead atoms. The van der Waals surface area contributed by atoms with E-state index in [1.165, 1.54) is 26.2 Å². The van der Waals surface area contributed by atoms with Crippen LogP contribution >= 0.6 is 0 Å². The lowest BCUT2D eigenvalue weighted by atomic mass is 10.1. The maximum atomic E-state index is 5.85. The Kier molecular flexibility index (Phi) is 3.50. The predicted octanol–water partition coefficient (Wildman–Crippen LogP) is -0.0305. The molecule has 0 spiro atoms. The number of rotatable bonds is 2. The first kappa shape index (κ1) is 9.96. The zero-order valence-corrected chi connectivity index (χ0v) is 8.45. The summed E-state index contributed by atoms with van der Waals surface area (Å²) in [4.78, 5) is 4.84. The normalized spacial score (nSPS) is 27.0. The molecule has 1 saturated heterocycles. The third-order valence-electron chi connectivity index (χ3n) is 2.87. The molecule has 1 fully saturated rings. The van der Waals surface area contributed by atoms with Crippen molar-refractivity contribution in [2.75, 3.05) is 33.2 Å². The number of likely N-dealkylation sites (N-methyl/N-ethyl adjacent to an activating group) is 1. The van der Waals surface area contributed by atoms with Crippen molar-refractivity contribution in [2.45, 2.75) is 25.9 Å².